The van der Waals surface area contributed by atoms with Crippen LogP contribution >= 0.6 is 0 Å². The van der Waals surface area contributed by atoms with E-state index in [1.165, 1.54) is 5.57 Å². The molecule has 0 aliphatic heterocycles. The van der Waals surface area contributed by atoms with Crippen molar-refractivity contribution in [2.24, 2.45) is 5.92 Å². The van der Waals surface area contributed by atoms with Crippen molar-refractivity contribution in [2.45, 2.75) is 33.6 Å². The van der Waals surface area contributed by atoms with Crippen LogP contribution in [0.4, 0.5) is 0 Å². The molecule has 0 spiro atoms. The number of carbonyl (C=O) groups excluding carboxylic acids is 1. The van der Waals surface area contributed by atoms with Crippen molar-refractivity contribution in [2.75, 3.05) is 6.61 Å². The second kappa shape index (κ2) is 3.74. The number of rotatable bonds is 3. The molecule has 0 amide bonds. The molecule has 0 unspecified atom stereocenters. The third-order valence-corrected chi connectivity index (χ3v) is 2.20. The molecule has 0 N–H and O–H groups in total. The Labute approximate surface area is 73.6 Å². The van der Waals surface area contributed by atoms with E-state index in [0.717, 1.165) is 18.4 Å². The van der Waals surface area contributed by atoms with Gasteiger partial charge in [-0.05, 0) is 39.2 Å². The zero-order valence-electron chi connectivity index (χ0n) is 8.02. The Morgan fingerprint density at radius 2 is 1.92 bits per heavy atom. The molecule has 68 valence electrons. The third-order valence-electron chi connectivity index (χ3n) is 2.20. The lowest BCUT2D eigenvalue weighted by atomic mass is 10.2. The van der Waals surface area contributed by atoms with Gasteiger partial charge in [0.1, 0.15) is 6.61 Å². The number of allylic oxidation sites excluding steroid dienone is 1. The van der Waals surface area contributed by atoms with E-state index >= 15 is 0 Å². The molecule has 0 atom stereocenters. The molecule has 0 radical (unpaired) electrons. The number of esters is 1. The maximum absolute atomic E-state index is 11.1. The highest BCUT2D eigenvalue weighted by molar-refractivity contribution is 5.75. The van der Waals surface area contributed by atoms with Gasteiger partial charge < -0.3 is 4.74 Å². The van der Waals surface area contributed by atoms with Crippen LogP contribution in [0.15, 0.2) is 11.1 Å². The van der Waals surface area contributed by atoms with Crippen molar-refractivity contribution in [1.29, 1.82) is 0 Å². The van der Waals surface area contributed by atoms with Crippen LogP contribution in [0.5, 0.6) is 0 Å². The predicted molar refractivity (Wildman–Crippen MR) is 47.7 cm³/mol. The summed E-state index contributed by atoms with van der Waals surface area (Å²) in [7, 11) is 0. The Hall–Kier alpha value is -0.790. The smallest absolute Gasteiger partial charge is 0.309 e. The van der Waals surface area contributed by atoms with Crippen molar-refractivity contribution < 1.29 is 9.53 Å². The molecule has 0 aromatic rings. The summed E-state index contributed by atoms with van der Waals surface area (Å²) in [6, 6.07) is 0. The Morgan fingerprint density at radius 1 is 1.33 bits per heavy atom. The fourth-order valence-electron chi connectivity index (χ4n) is 0.761. The minimum atomic E-state index is -0.0180. The summed E-state index contributed by atoms with van der Waals surface area (Å²) in [5.41, 5.74) is 2.39. The highest BCUT2D eigenvalue weighted by atomic mass is 16.5. The first-order valence-electron chi connectivity index (χ1n) is 4.41. The maximum Gasteiger partial charge on any atom is 0.309 e. The maximum atomic E-state index is 11.1. The Balaban J connectivity index is 2.24. The van der Waals surface area contributed by atoms with Crippen LogP contribution in [0, 0.1) is 5.92 Å². The standard InChI is InChI=1S/C10H16O2/c1-7(2)8(3)6-12-10(11)9-4-5-9/h9H,4-6H2,1-3H3. The molecule has 1 aliphatic carbocycles. The van der Waals surface area contributed by atoms with Gasteiger partial charge in [0.05, 0.1) is 5.92 Å². The van der Waals surface area contributed by atoms with Crippen molar-refractivity contribution in [1.82, 2.24) is 0 Å². The Kier molecular flexibility index (Phi) is 2.90. The minimum absolute atomic E-state index is 0.0180. The molecule has 1 rings (SSSR count). The van der Waals surface area contributed by atoms with E-state index in [1.807, 2.05) is 20.8 Å². The lowest BCUT2D eigenvalue weighted by Gasteiger charge is -2.05. The van der Waals surface area contributed by atoms with E-state index < -0.39 is 0 Å². The molecule has 0 heterocycles. The van der Waals surface area contributed by atoms with Gasteiger partial charge in [0.25, 0.3) is 0 Å². The lowest BCUT2D eigenvalue weighted by Crippen LogP contribution is -2.08. The van der Waals surface area contributed by atoms with Crippen molar-refractivity contribution in [3.8, 4) is 0 Å². The lowest BCUT2D eigenvalue weighted by molar-refractivity contribution is -0.144. The van der Waals surface area contributed by atoms with Gasteiger partial charge in [-0.1, -0.05) is 5.57 Å². The second-order valence-corrected chi connectivity index (χ2v) is 3.66. The fraction of sp³-hybridized carbons (Fsp3) is 0.700. The fourth-order valence-corrected chi connectivity index (χ4v) is 0.761. The van der Waals surface area contributed by atoms with E-state index in [1.54, 1.807) is 0 Å². The summed E-state index contributed by atoms with van der Waals surface area (Å²) >= 11 is 0. The zero-order chi connectivity index (χ0) is 9.14. The largest absolute Gasteiger partial charge is 0.461 e. The molecular formula is C10H16O2. The third kappa shape index (κ3) is 2.68. The average molecular weight is 168 g/mol. The van der Waals surface area contributed by atoms with Crippen LogP contribution in [-0.2, 0) is 9.53 Å². The van der Waals surface area contributed by atoms with Crippen LogP contribution in [0.25, 0.3) is 0 Å². The van der Waals surface area contributed by atoms with E-state index in [0.29, 0.717) is 6.61 Å². The molecule has 2 heteroatoms. The van der Waals surface area contributed by atoms with E-state index in [-0.39, 0.29) is 11.9 Å². The SMILES string of the molecule is CC(C)=C(C)COC(=O)C1CC1. The van der Waals surface area contributed by atoms with Crippen molar-refractivity contribution >= 4 is 5.97 Å². The summed E-state index contributed by atoms with van der Waals surface area (Å²) in [5, 5.41) is 0. The number of hydrogen-bond acceptors (Lipinski definition) is 2. The average Bonchev–Trinajstić information content (AvgIpc) is 2.81. The molecule has 1 aliphatic rings. The topological polar surface area (TPSA) is 26.3 Å². The van der Waals surface area contributed by atoms with Gasteiger partial charge in [-0.15, -0.1) is 0 Å². The van der Waals surface area contributed by atoms with E-state index in [2.05, 4.69) is 0 Å². The predicted octanol–water partition coefficient (Wildman–Crippen LogP) is 2.30. The minimum Gasteiger partial charge on any atom is -0.461 e. The quantitative estimate of drug-likeness (QED) is 0.477. The van der Waals surface area contributed by atoms with Gasteiger partial charge in [-0.3, -0.25) is 4.79 Å². The summed E-state index contributed by atoms with van der Waals surface area (Å²) in [6.07, 6.45) is 2.04. The highest BCUT2D eigenvalue weighted by Gasteiger charge is 2.31. The highest BCUT2D eigenvalue weighted by Crippen LogP contribution is 2.30. The monoisotopic (exact) mass is 168 g/mol. The molecule has 0 aromatic carbocycles. The van der Waals surface area contributed by atoms with Gasteiger partial charge in [0.15, 0.2) is 0 Å². The van der Waals surface area contributed by atoms with Crippen molar-refractivity contribution in [3.63, 3.8) is 0 Å². The van der Waals surface area contributed by atoms with Crippen LogP contribution < -0.4 is 0 Å². The summed E-state index contributed by atoms with van der Waals surface area (Å²) in [6.45, 7) is 6.52. The summed E-state index contributed by atoms with van der Waals surface area (Å²) in [4.78, 5) is 11.1. The molecule has 1 saturated carbocycles. The molecular weight excluding hydrogens is 152 g/mol. The number of hydrogen-bond donors (Lipinski definition) is 0. The van der Waals surface area contributed by atoms with Crippen LogP contribution in [0.3, 0.4) is 0 Å². The van der Waals surface area contributed by atoms with Crippen LogP contribution in [-0.4, -0.2) is 12.6 Å². The first-order chi connectivity index (χ1) is 5.61. The molecule has 1 fully saturated rings. The van der Waals surface area contributed by atoms with Crippen LogP contribution in [0.2, 0.25) is 0 Å². The molecule has 0 bridgehead atoms. The number of carbonyl (C=O) groups is 1. The summed E-state index contributed by atoms with van der Waals surface area (Å²) < 4.78 is 5.09. The first kappa shape index (κ1) is 9.30. The normalized spacial score (nSPS) is 15.6. The van der Waals surface area contributed by atoms with Gasteiger partial charge >= 0.3 is 5.97 Å². The summed E-state index contributed by atoms with van der Waals surface area (Å²) in [5.74, 6) is 0.200. The van der Waals surface area contributed by atoms with E-state index in [9.17, 15) is 4.79 Å². The Bertz CT molecular complexity index is 208. The van der Waals surface area contributed by atoms with Gasteiger partial charge in [0.2, 0.25) is 0 Å². The van der Waals surface area contributed by atoms with Gasteiger partial charge in [-0.25, -0.2) is 0 Å². The van der Waals surface area contributed by atoms with Crippen molar-refractivity contribution in [3.05, 3.63) is 11.1 Å². The van der Waals surface area contributed by atoms with E-state index in [4.69, 9.17) is 4.74 Å². The molecule has 0 aromatic heterocycles. The molecule has 12 heavy (non-hydrogen) atoms. The number of ether oxygens (including phenoxy) is 1. The first-order valence-corrected chi connectivity index (χ1v) is 4.41. The second-order valence-electron chi connectivity index (χ2n) is 3.66. The Morgan fingerprint density at radius 3 is 2.33 bits per heavy atom. The molecule has 0 saturated heterocycles. The van der Waals surface area contributed by atoms with Gasteiger partial charge in [0, 0.05) is 0 Å². The molecule has 2 nitrogen and oxygen atoms in total. The van der Waals surface area contributed by atoms with Gasteiger partial charge in [-0.2, -0.15) is 0 Å². The zero-order valence-corrected chi connectivity index (χ0v) is 8.02. The van der Waals surface area contributed by atoms with Crippen LogP contribution in [0.1, 0.15) is 33.6 Å².